The fourth-order valence-corrected chi connectivity index (χ4v) is 1.60. The first-order valence-corrected chi connectivity index (χ1v) is 6.42. The maximum absolute atomic E-state index is 10.2. The summed E-state index contributed by atoms with van der Waals surface area (Å²) in [5.74, 6) is -0.489. The number of hydrogen-bond acceptors (Lipinski definition) is 3. The molecular weight excluding hydrogens is 305 g/mol. The van der Waals surface area contributed by atoms with Crippen molar-refractivity contribution < 1.29 is 42.5 Å². The van der Waals surface area contributed by atoms with Crippen LogP contribution in [-0.2, 0) is 10.1 Å². The zero-order chi connectivity index (χ0) is 10.7. The van der Waals surface area contributed by atoms with Gasteiger partial charge >= 0.3 is 29.6 Å². The van der Waals surface area contributed by atoms with Crippen LogP contribution < -0.4 is 29.6 Å². The zero-order valence-electron chi connectivity index (χ0n) is 7.34. The van der Waals surface area contributed by atoms with Crippen LogP contribution in [-0.4, -0.2) is 27.9 Å². The van der Waals surface area contributed by atoms with Crippen LogP contribution in [0.25, 0.3) is 0 Å². The quantitative estimate of drug-likeness (QED) is 0.392. The second-order valence-corrected chi connectivity index (χ2v) is 6.83. The SMILES string of the molecule is O=S(=O)([O-])CCCC(Cl)C(Cl)(Cl)Cl.[Na+]. The van der Waals surface area contributed by atoms with E-state index in [2.05, 4.69) is 0 Å². The molecule has 0 spiro atoms. The summed E-state index contributed by atoms with van der Waals surface area (Å²) in [7, 11) is -4.20. The monoisotopic (exact) mass is 310 g/mol. The largest absolute Gasteiger partial charge is 1.00 e. The molecule has 0 heterocycles. The molecule has 0 bridgehead atoms. The van der Waals surface area contributed by atoms with E-state index < -0.39 is 25.0 Å². The van der Waals surface area contributed by atoms with Gasteiger partial charge in [-0.3, -0.25) is 0 Å². The van der Waals surface area contributed by atoms with Crippen LogP contribution in [0.5, 0.6) is 0 Å². The maximum Gasteiger partial charge on any atom is 1.00 e. The predicted molar refractivity (Wildman–Crippen MR) is 53.7 cm³/mol. The summed E-state index contributed by atoms with van der Waals surface area (Å²) in [5, 5.41) is -0.792. The van der Waals surface area contributed by atoms with Gasteiger partial charge in [-0.15, -0.1) is 11.6 Å². The van der Waals surface area contributed by atoms with Crippen molar-refractivity contribution in [2.24, 2.45) is 0 Å². The number of halogens is 4. The first-order valence-electron chi connectivity index (χ1n) is 3.27. The molecule has 1 atom stereocenters. The molecule has 0 aromatic heterocycles. The molecule has 0 aromatic rings. The Morgan fingerprint density at radius 2 is 1.71 bits per heavy atom. The summed E-state index contributed by atoms with van der Waals surface area (Å²) in [6.45, 7) is 0. The van der Waals surface area contributed by atoms with Crippen LogP contribution in [0.4, 0.5) is 0 Å². The van der Waals surface area contributed by atoms with Gasteiger partial charge < -0.3 is 4.55 Å². The van der Waals surface area contributed by atoms with E-state index in [1.165, 1.54) is 0 Å². The molecule has 0 aromatic carbocycles. The fraction of sp³-hybridized carbons (Fsp3) is 1.00. The van der Waals surface area contributed by atoms with Gasteiger partial charge in [0, 0.05) is 5.75 Å². The summed E-state index contributed by atoms with van der Waals surface area (Å²) in [5.41, 5.74) is 0. The second kappa shape index (κ2) is 7.41. The molecular formula is C5H7Cl4NaO3S. The predicted octanol–water partition coefficient (Wildman–Crippen LogP) is -0.707. The van der Waals surface area contributed by atoms with Crippen molar-refractivity contribution >= 4 is 56.5 Å². The minimum absolute atomic E-state index is 0. The molecule has 0 radical (unpaired) electrons. The third kappa shape index (κ3) is 10.6. The number of hydrogen-bond donors (Lipinski definition) is 0. The van der Waals surface area contributed by atoms with Crippen molar-refractivity contribution in [3.05, 3.63) is 0 Å². The summed E-state index contributed by atoms with van der Waals surface area (Å²) >= 11 is 21.8. The third-order valence-corrected chi connectivity index (χ3v) is 3.67. The average molecular weight is 312 g/mol. The molecule has 0 aliphatic heterocycles. The molecule has 0 amide bonds. The Balaban J connectivity index is 0. The molecule has 14 heavy (non-hydrogen) atoms. The molecule has 0 aliphatic carbocycles. The Kier molecular flexibility index (Phi) is 9.75. The van der Waals surface area contributed by atoms with E-state index in [9.17, 15) is 13.0 Å². The normalized spacial score (nSPS) is 14.6. The number of alkyl halides is 4. The van der Waals surface area contributed by atoms with E-state index in [1.54, 1.807) is 0 Å². The van der Waals surface area contributed by atoms with Gasteiger partial charge in [0.15, 0.2) is 0 Å². The maximum atomic E-state index is 10.2. The van der Waals surface area contributed by atoms with Crippen LogP contribution in [0, 0.1) is 0 Å². The van der Waals surface area contributed by atoms with Crippen LogP contribution in [0.2, 0.25) is 0 Å². The molecule has 80 valence electrons. The van der Waals surface area contributed by atoms with Crippen molar-refractivity contribution in [3.8, 4) is 0 Å². The minimum atomic E-state index is -4.20. The van der Waals surface area contributed by atoms with Gasteiger partial charge in [0.25, 0.3) is 0 Å². The minimum Gasteiger partial charge on any atom is -0.748 e. The average Bonchev–Trinajstić information content (AvgIpc) is 1.82. The molecule has 3 nitrogen and oxygen atoms in total. The molecule has 0 N–H and O–H groups in total. The van der Waals surface area contributed by atoms with E-state index in [-0.39, 0.29) is 42.4 Å². The van der Waals surface area contributed by atoms with Crippen molar-refractivity contribution in [1.82, 2.24) is 0 Å². The summed E-state index contributed by atoms with van der Waals surface area (Å²) < 4.78 is 28.9. The molecule has 0 rings (SSSR count). The molecule has 0 aliphatic rings. The van der Waals surface area contributed by atoms with Gasteiger partial charge in [-0.1, -0.05) is 34.8 Å². The van der Waals surface area contributed by atoms with Crippen LogP contribution in [0.15, 0.2) is 0 Å². The van der Waals surface area contributed by atoms with Gasteiger partial charge in [0.05, 0.1) is 15.5 Å². The Hall–Kier alpha value is 2.07. The van der Waals surface area contributed by atoms with E-state index >= 15 is 0 Å². The molecule has 0 saturated carbocycles. The van der Waals surface area contributed by atoms with E-state index in [1.807, 2.05) is 0 Å². The van der Waals surface area contributed by atoms with E-state index in [0.29, 0.717) is 0 Å². The van der Waals surface area contributed by atoms with Crippen LogP contribution in [0.1, 0.15) is 12.8 Å². The Morgan fingerprint density at radius 3 is 2.00 bits per heavy atom. The van der Waals surface area contributed by atoms with Crippen molar-refractivity contribution in [2.45, 2.75) is 22.0 Å². The molecule has 9 heteroatoms. The van der Waals surface area contributed by atoms with Crippen LogP contribution >= 0.6 is 46.4 Å². The van der Waals surface area contributed by atoms with Gasteiger partial charge in [-0.05, 0) is 12.8 Å². The van der Waals surface area contributed by atoms with Crippen LogP contribution in [0.3, 0.4) is 0 Å². The van der Waals surface area contributed by atoms with Gasteiger partial charge in [0.2, 0.25) is 3.79 Å². The Morgan fingerprint density at radius 1 is 1.29 bits per heavy atom. The summed E-state index contributed by atoms with van der Waals surface area (Å²) in [6.07, 6.45) is 0.257. The first kappa shape index (κ1) is 18.4. The van der Waals surface area contributed by atoms with Crippen molar-refractivity contribution in [1.29, 1.82) is 0 Å². The fourth-order valence-electron chi connectivity index (χ4n) is 0.603. The molecule has 1 unspecified atom stereocenters. The smallest absolute Gasteiger partial charge is 0.748 e. The summed E-state index contributed by atoms with van der Waals surface area (Å²) in [4.78, 5) is 0. The number of rotatable bonds is 4. The van der Waals surface area contributed by atoms with Gasteiger partial charge in [-0.2, -0.15) is 0 Å². The Bertz CT molecular complexity index is 250. The summed E-state index contributed by atoms with van der Waals surface area (Å²) in [6, 6.07) is 0. The van der Waals surface area contributed by atoms with Crippen molar-refractivity contribution in [2.75, 3.05) is 5.75 Å². The van der Waals surface area contributed by atoms with E-state index in [4.69, 9.17) is 46.4 Å². The van der Waals surface area contributed by atoms with Crippen molar-refractivity contribution in [3.63, 3.8) is 0 Å². The first-order chi connectivity index (χ1) is 5.63. The standard InChI is InChI=1S/C5H8Cl4O3S.Na/c6-4(5(7,8)9)2-1-3-13(10,11)12;/h4H,1-3H2,(H,10,11,12);/q;+1/p-1. The van der Waals surface area contributed by atoms with Gasteiger partial charge in [-0.25, -0.2) is 8.42 Å². The third-order valence-electron chi connectivity index (χ3n) is 1.21. The van der Waals surface area contributed by atoms with E-state index in [0.717, 1.165) is 0 Å². The second-order valence-electron chi connectivity index (χ2n) is 2.41. The molecule has 0 fully saturated rings. The van der Waals surface area contributed by atoms with Gasteiger partial charge in [0.1, 0.15) is 0 Å². The topological polar surface area (TPSA) is 57.2 Å². The zero-order valence-corrected chi connectivity index (χ0v) is 13.2. The Labute approximate surface area is 125 Å². The molecule has 0 saturated heterocycles.